The van der Waals surface area contributed by atoms with E-state index >= 15 is 0 Å². The van der Waals surface area contributed by atoms with Gasteiger partial charge < -0.3 is 4.57 Å². The van der Waals surface area contributed by atoms with Gasteiger partial charge in [-0.3, -0.25) is 0 Å². The molecule has 0 aliphatic heterocycles. The maximum absolute atomic E-state index is 2.56. The van der Waals surface area contributed by atoms with Crippen LogP contribution in [0.5, 0.6) is 0 Å². The van der Waals surface area contributed by atoms with E-state index in [9.17, 15) is 0 Å². The highest BCUT2D eigenvalue weighted by atomic mass is 15.0. The Kier molecular flexibility index (Phi) is 9.25. The van der Waals surface area contributed by atoms with E-state index in [4.69, 9.17) is 0 Å². The maximum Gasteiger partial charge on any atom is 0.0619 e. The lowest BCUT2D eigenvalue weighted by Gasteiger charge is -2.20. The van der Waals surface area contributed by atoms with Gasteiger partial charge in [-0.15, -0.1) is 0 Å². The third-order valence-corrected chi connectivity index (χ3v) is 13.7. The number of nitrogens with zero attached hydrogens (tertiary/aromatic N) is 1. The Morgan fingerprint density at radius 3 is 1.13 bits per heavy atom. The van der Waals surface area contributed by atoms with Crippen molar-refractivity contribution in [1.82, 2.24) is 4.57 Å². The molecule has 0 fully saturated rings. The zero-order chi connectivity index (χ0) is 44.3. The summed E-state index contributed by atoms with van der Waals surface area (Å²) in [4.78, 5) is 0. The lowest BCUT2D eigenvalue weighted by Crippen LogP contribution is -1.99. The van der Waals surface area contributed by atoms with Gasteiger partial charge in [0.15, 0.2) is 0 Å². The van der Waals surface area contributed by atoms with Crippen molar-refractivity contribution in [3.63, 3.8) is 0 Å². The number of fused-ring (bicyclic) bond motifs is 5. The monoisotopic (exact) mass is 849 g/mol. The lowest BCUT2D eigenvalue weighted by atomic mass is 9.84. The topological polar surface area (TPSA) is 4.93 Å². The number of benzene rings is 12. The van der Waals surface area contributed by atoms with Crippen LogP contribution in [-0.4, -0.2) is 4.57 Å². The Morgan fingerprint density at radius 1 is 0.209 bits per heavy atom. The summed E-state index contributed by atoms with van der Waals surface area (Å²) in [7, 11) is 0. The molecule has 12 aromatic carbocycles. The van der Waals surface area contributed by atoms with Crippen molar-refractivity contribution in [2.75, 3.05) is 0 Å². The predicted molar refractivity (Wildman–Crippen MR) is 286 cm³/mol. The molecule has 0 saturated carbocycles. The number of hydrogen-bond acceptors (Lipinski definition) is 0. The molecule has 0 atom stereocenters. The molecule has 13 aromatic rings. The smallest absolute Gasteiger partial charge is 0.0619 e. The van der Waals surface area contributed by atoms with Crippen LogP contribution in [-0.2, 0) is 0 Å². The highest BCUT2D eigenvalue weighted by Gasteiger charge is 2.26. The molecular weight excluding hydrogens is 807 g/mol. The van der Waals surface area contributed by atoms with Crippen LogP contribution in [0.3, 0.4) is 0 Å². The quantitative estimate of drug-likeness (QED) is 0.141. The van der Waals surface area contributed by atoms with Crippen LogP contribution in [0.2, 0.25) is 0 Å². The zero-order valence-electron chi connectivity index (χ0n) is 36.8. The molecule has 1 nitrogen and oxygen atoms in total. The minimum atomic E-state index is 1.10. The molecule has 0 saturated heterocycles. The first kappa shape index (κ1) is 38.7. The summed E-state index contributed by atoms with van der Waals surface area (Å²) in [6.45, 7) is 0. The van der Waals surface area contributed by atoms with Crippen molar-refractivity contribution in [2.45, 2.75) is 0 Å². The molecule has 0 unspecified atom stereocenters. The summed E-state index contributed by atoms with van der Waals surface area (Å²) in [5, 5.41) is 11.0. The van der Waals surface area contributed by atoms with Gasteiger partial charge in [0, 0.05) is 16.6 Å². The van der Waals surface area contributed by atoms with Gasteiger partial charge in [0.2, 0.25) is 0 Å². The van der Waals surface area contributed by atoms with Crippen LogP contribution in [0, 0.1) is 0 Å². The van der Waals surface area contributed by atoms with Crippen molar-refractivity contribution < 1.29 is 0 Å². The summed E-state index contributed by atoms with van der Waals surface area (Å²) in [5.41, 5.74) is 16.5. The molecule has 0 bridgehead atoms. The Balaban J connectivity index is 1.24. The molecule has 0 spiro atoms. The molecular formula is C66H43N. The van der Waals surface area contributed by atoms with Crippen LogP contribution < -0.4 is 0 Å². The van der Waals surface area contributed by atoms with E-state index in [0.717, 1.165) is 22.5 Å². The van der Waals surface area contributed by atoms with Gasteiger partial charge in [0.1, 0.15) is 0 Å². The summed E-state index contributed by atoms with van der Waals surface area (Å²) in [5.74, 6) is 0. The largest absolute Gasteiger partial charge is 0.309 e. The first-order valence-corrected chi connectivity index (χ1v) is 23.2. The van der Waals surface area contributed by atoms with Gasteiger partial charge in [0.05, 0.1) is 11.2 Å². The van der Waals surface area contributed by atoms with E-state index in [1.54, 1.807) is 0 Å². The van der Waals surface area contributed by atoms with Crippen LogP contribution in [0.4, 0.5) is 0 Å². The fourth-order valence-electron chi connectivity index (χ4n) is 10.6. The van der Waals surface area contributed by atoms with Crippen LogP contribution in [0.25, 0.3) is 127 Å². The number of aromatic nitrogens is 1. The second-order valence-electron chi connectivity index (χ2n) is 17.6. The molecule has 0 N–H and O–H groups in total. The number of hydrogen-bond donors (Lipinski definition) is 0. The van der Waals surface area contributed by atoms with Crippen molar-refractivity contribution in [3.05, 3.63) is 261 Å². The van der Waals surface area contributed by atoms with Gasteiger partial charge in [-0.05, 0) is 141 Å². The van der Waals surface area contributed by atoms with Crippen LogP contribution in [0.1, 0.15) is 0 Å². The summed E-state index contributed by atoms with van der Waals surface area (Å²) >= 11 is 0. The standard InChI is InChI=1S/C66H43N/c1-5-19-44(20-6-1)54-39-55(45-21-7-2-8-22-45)41-56(40-54)67-62-43-60-59(42-61(62)65(48-25-9-3-10-26-48)66(67)49-27-11-4-12-28-49)63(52-35-33-46-23-13-15-29-50(46)37-52)57-31-17-18-32-58(57)64(60)53-36-34-47-24-14-16-30-51(47)38-53/h1-43H. The van der Waals surface area contributed by atoms with Crippen molar-refractivity contribution in [1.29, 1.82) is 0 Å². The molecule has 312 valence electrons. The molecule has 0 aliphatic carbocycles. The molecule has 0 aliphatic rings. The van der Waals surface area contributed by atoms with Gasteiger partial charge in [-0.2, -0.15) is 0 Å². The third kappa shape index (κ3) is 6.63. The van der Waals surface area contributed by atoms with E-state index in [1.165, 1.54) is 104 Å². The van der Waals surface area contributed by atoms with Crippen molar-refractivity contribution >= 4 is 54.0 Å². The second-order valence-corrected chi connectivity index (χ2v) is 17.6. The molecule has 1 heteroatoms. The minimum Gasteiger partial charge on any atom is -0.309 e. The average molecular weight is 850 g/mol. The third-order valence-electron chi connectivity index (χ3n) is 13.7. The van der Waals surface area contributed by atoms with Crippen molar-refractivity contribution in [3.8, 4) is 72.6 Å². The van der Waals surface area contributed by atoms with Gasteiger partial charge >= 0.3 is 0 Å². The second kappa shape index (κ2) is 16.0. The molecule has 67 heavy (non-hydrogen) atoms. The van der Waals surface area contributed by atoms with E-state index in [2.05, 4.69) is 265 Å². The first-order valence-electron chi connectivity index (χ1n) is 23.2. The number of rotatable bonds is 7. The summed E-state index contributed by atoms with van der Waals surface area (Å²) < 4.78 is 2.56. The van der Waals surface area contributed by atoms with E-state index < -0.39 is 0 Å². The SMILES string of the molecule is c1ccc(-c2cc(-c3ccccc3)cc(-n3c(-c4ccccc4)c(-c4ccccc4)c4cc5c(-c6ccc7ccccc7c6)c6ccccc6c(-c6ccc7ccccc7c6)c5cc43)c2)cc1. The highest BCUT2D eigenvalue weighted by molar-refractivity contribution is 6.25. The molecule has 1 heterocycles. The van der Waals surface area contributed by atoms with E-state index in [1.807, 2.05) is 0 Å². The van der Waals surface area contributed by atoms with Crippen molar-refractivity contribution in [2.24, 2.45) is 0 Å². The fourth-order valence-corrected chi connectivity index (χ4v) is 10.6. The fraction of sp³-hybridized carbons (Fsp3) is 0. The Hall–Kier alpha value is -8.78. The molecule has 1 aromatic heterocycles. The van der Waals surface area contributed by atoms with E-state index in [0.29, 0.717) is 0 Å². The Labute approximate surface area is 390 Å². The predicted octanol–water partition coefficient (Wildman–Crippen LogP) is 18.2. The Morgan fingerprint density at radius 2 is 0.627 bits per heavy atom. The molecule has 13 rings (SSSR count). The first-order chi connectivity index (χ1) is 33.2. The Bertz CT molecular complexity index is 3940. The normalized spacial score (nSPS) is 11.6. The van der Waals surface area contributed by atoms with Gasteiger partial charge in [-0.25, -0.2) is 0 Å². The van der Waals surface area contributed by atoms with Gasteiger partial charge in [0.25, 0.3) is 0 Å². The average Bonchev–Trinajstić information content (AvgIpc) is 3.74. The maximum atomic E-state index is 2.56. The summed E-state index contributed by atoms with van der Waals surface area (Å²) in [6, 6.07) is 96.2. The summed E-state index contributed by atoms with van der Waals surface area (Å²) in [6.07, 6.45) is 0. The minimum absolute atomic E-state index is 1.10. The molecule has 0 amide bonds. The van der Waals surface area contributed by atoms with Crippen LogP contribution >= 0.6 is 0 Å². The van der Waals surface area contributed by atoms with Crippen LogP contribution in [0.15, 0.2) is 261 Å². The van der Waals surface area contributed by atoms with Gasteiger partial charge in [-0.1, -0.05) is 218 Å². The molecule has 0 radical (unpaired) electrons. The highest BCUT2D eigenvalue weighted by Crippen LogP contribution is 2.50. The van der Waals surface area contributed by atoms with E-state index in [-0.39, 0.29) is 0 Å². The zero-order valence-corrected chi connectivity index (χ0v) is 36.8. The lowest BCUT2D eigenvalue weighted by molar-refractivity contribution is 1.14.